The minimum atomic E-state index is -1.15. The summed E-state index contributed by atoms with van der Waals surface area (Å²) < 4.78 is 20.0. The van der Waals surface area contributed by atoms with Gasteiger partial charge in [0.25, 0.3) is 5.91 Å². The molecule has 2 saturated heterocycles. The first-order valence-electron chi connectivity index (χ1n) is 23.0. The van der Waals surface area contributed by atoms with E-state index in [2.05, 4.69) is 54.8 Å². The largest absolute Gasteiger partial charge is 0.508 e. The molecule has 0 radical (unpaired) electrons. The van der Waals surface area contributed by atoms with Gasteiger partial charge in [-0.1, -0.05) is 46.4 Å². The van der Waals surface area contributed by atoms with Crippen molar-refractivity contribution in [2.75, 3.05) is 60.2 Å². The zero-order valence-corrected chi connectivity index (χ0v) is 39.0. The molecule has 1 aromatic heterocycles. The van der Waals surface area contributed by atoms with Crippen LogP contribution < -0.4 is 10.7 Å². The highest BCUT2D eigenvalue weighted by atomic mass is 16.5. The molecule has 0 aliphatic carbocycles. The number of likely N-dealkylation sites (N-methyl/N-ethyl adjacent to an activating group) is 1. The number of esters is 1. The maximum Gasteiger partial charge on any atom is 0.324 e. The molecule has 2 aromatic carbocycles. The molecule has 7 rings (SSSR count). The summed E-state index contributed by atoms with van der Waals surface area (Å²) in [5.74, 6) is -2.81. The molecule has 350 valence electrons. The van der Waals surface area contributed by atoms with Crippen molar-refractivity contribution in [1.82, 2.24) is 30.1 Å². The van der Waals surface area contributed by atoms with Crippen molar-refractivity contribution >= 4 is 46.1 Å². The highest BCUT2D eigenvalue weighted by molar-refractivity contribution is 5.95. The normalized spacial score (nSPS) is 22.1. The van der Waals surface area contributed by atoms with Gasteiger partial charge in [0.1, 0.15) is 23.9 Å². The molecule has 5 heterocycles. The number of hydrogen-bond acceptors (Lipinski definition) is 10. The van der Waals surface area contributed by atoms with Crippen LogP contribution in [0.5, 0.6) is 5.75 Å². The van der Waals surface area contributed by atoms with E-state index in [4.69, 9.17) is 14.2 Å². The molecule has 3 N–H and O–H groups in total. The fraction of sp³-hybridized carbons (Fsp3) is 0.540. The Hall–Kier alpha value is -5.51. The predicted molar refractivity (Wildman–Crippen MR) is 247 cm³/mol. The molecule has 4 atom stereocenters. The fourth-order valence-electron chi connectivity index (χ4n) is 10.2. The van der Waals surface area contributed by atoms with E-state index in [1.807, 2.05) is 26.0 Å². The summed E-state index contributed by atoms with van der Waals surface area (Å²) in [6.07, 6.45) is 3.97. The van der Waals surface area contributed by atoms with Gasteiger partial charge in [-0.05, 0) is 109 Å². The van der Waals surface area contributed by atoms with Gasteiger partial charge >= 0.3 is 5.97 Å². The first kappa shape index (κ1) is 47.5. The molecule has 0 spiro atoms. The Balaban J connectivity index is 1.30. The van der Waals surface area contributed by atoms with Crippen LogP contribution in [0.2, 0.25) is 0 Å². The van der Waals surface area contributed by atoms with E-state index in [0.29, 0.717) is 64.2 Å². The molecule has 15 nitrogen and oxygen atoms in total. The van der Waals surface area contributed by atoms with Crippen LogP contribution in [-0.4, -0.2) is 132 Å². The SMILES string of the molecule is C=CC(=O)N1CC[C@H](C(=O)N(C)[C@H](C(=O)N[C@H]2Cc3cc(O)cc(c3)-c3ccc4c(c3)c(c(C3=C(COC)COCC3)n4CC)CC(C)(C)COC(=O)[C@@H]3CCCN(N3)C2=O)C(C)C)C1. The van der Waals surface area contributed by atoms with Crippen molar-refractivity contribution < 1.29 is 43.3 Å². The van der Waals surface area contributed by atoms with Crippen molar-refractivity contribution in [2.45, 2.75) is 97.8 Å². The van der Waals surface area contributed by atoms with Crippen molar-refractivity contribution in [2.24, 2.45) is 17.3 Å². The number of methoxy groups -OCH3 is 1. The number of rotatable bonds is 10. The van der Waals surface area contributed by atoms with Crippen LogP contribution in [0.1, 0.15) is 77.1 Å². The van der Waals surface area contributed by atoms with Gasteiger partial charge in [-0.3, -0.25) is 29.0 Å². The van der Waals surface area contributed by atoms with Gasteiger partial charge in [-0.15, -0.1) is 0 Å². The van der Waals surface area contributed by atoms with Gasteiger partial charge < -0.3 is 39.0 Å². The number of benzene rings is 2. The minimum Gasteiger partial charge on any atom is -0.508 e. The molecule has 3 aromatic rings. The number of aromatic nitrogens is 1. The molecule has 4 aliphatic rings. The van der Waals surface area contributed by atoms with Crippen molar-refractivity contribution in [1.29, 1.82) is 0 Å². The molecular formula is C50H66N6O9. The Bertz CT molecular complexity index is 2370. The minimum absolute atomic E-state index is 0.000458. The van der Waals surface area contributed by atoms with E-state index in [9.17, 15) is 29.1 Å². The zero-order chi connectivity index (χ0) is 46.7. The summed E-state index contributed by atoms with van der Waals surface area (Å²) in [4.78, 5) is 72.3. The number of amides is 4. The zero-order valence-electron chi connectivity index (χ0n) is 39.0. The van der Waals surface area contributed by atoms with Crippen molar-refractivity contribution in [3.05, 3.63) is 71.4 Å². The maximum absolute atomic E-state index is 14.7. The average molecular weight is 895 g/mol. The van der Waals surface area contributed by atoms with E-state index in [1.165, 1.54) is 21.6 Å². The summed E-state index contributed by atoms with van der Waals surface area (Å²) in [5.41, 5.74) is 10.4. The number of phenolic OH excluding ortho intramolecular Hbond substituents is 1. The quantitative estimate of drug-likeness (QED) is 0.186. The Morgan fingerprint density at radius 3 is 2.62 bits per heavy atom. The second-order valence-corrected chi connectivity index (χ2v) is 19.1. The van der Waals surface area contributed by atoms with Crippen LogP contribution in [0.4, 0.5) is 0 Å². The number of carbonyl (C=O) groups is 5. The first-order chi connectivity index (χ1) is 31.0. The number of likely N-dealkylation sites (tertiary alicyclic amines) is 1. The Morgan fingerprint density at radius 2 is 1.89 bits per heavy atom. The Labute approximate surface area is 382 Å². The fourth-order valence-corrected chi connectivity index (χ4v) is 10.2. The van der Waals surface area contributed by atoms with E-state index in [1.54, 1.807) is 31.2 Å². The van der Waals surface area contributed by atoms with Gasteiger partial charge in [0.15, 0.2) is 0 Å². The number of aryl methyl sites for hydroxylation is 1. The Kier molecular flexibility index (Phi) is 14.5. The van der Waals surface area contributed by atoms with Crippen molar-refractivity contribution in [3.63, 3.8) is 0 Å². The van der Waals surface area contributed by atoms with Gasteiger partial charge in [-0.2, -0.15) is 0 Å². The predicted octanol–water partition coefficient (Wildman–Crippen LogP) is 5.02. The molecule has 0 unspecified atom stereocenters. The lowest BCUT2D eigenvalue weighted by Crippen LogP contribution is -2.62. The third kappa shape index (κ3) is 10.2. The van der Waals surface area contributed by atoms with Crippen LogP contribution in [0.15, 0.2) is 54.6 Å². The molecule has 15 heteroatoms. The van der Waals surface area contributed by atoms with Gasteiger partial charge in [0.2, 0.25) is 17.7 Å². The van der Waals surface area contributed by atoms with Crippen molar-refractivity contribution in [3.8, 4) is 16.9 Å². The number of carbonyl (C=O) groups excluding carboxylic acids is 5. The summed E-state index contributed by atoms with van der Waals surface area (Å²) in [7, 11) is 3.28. The second-order valence-electron chi connectivity index (χ2n) is 19.1. The monoisotopic (exact) mass is 894 g/mol. The van der Waals surface area contributed by atoms with Crippen LogP contribution in [0, 0.1) is 17.3 Å². The number of nitrogens with one attached hydrogen (secondary N) is 2. The number of ether oxygens (including phenoxy) is 3. The third-order valence-corrected chi connectivity index (χ3v) is 13.3. The van der Waals surface area contributed by atoms with Gasteiger partial charge in [-0.25, -0.2) is 5.43 Å². The van der Waals surface area contributed by atoms with Crippen LogP contribution >= 0.6 is 0 Å². The smallest absolute Gasteiger partial charge is 0.324 e. The second kappa shape index (κ2) is 19.9. The van der Waals surface area contributed by atoms with E-state index in [-0.39, 0.29) is 49.6 Å². The Morgan fingerprint density at radius 1 is 1.11 bits per heavy atom. The number of nitrogens with zero attached hydrogens (tertiary/aromatic N) is 4. The maximum atomic E-state index is 14.7. The number of hydrazine groups is 1. The topological polar surface area (TPSA) is 172 Å². The third-order valence-electron chi connectivity index (χ3n) is 13.3. The number of phenols is 1. The molecule has 65 heavy (non-hydrogen) atoms. The van der Waals surface area contributed by atoms with Crippen LogP contribution in [0.3, 0.4) is 0 Å². The lowest BCUT2D eigenvalue weighted by atomic mass is 9.83. The van der Waals surface area contributed by atoms with Gasteiger partial charge in [0.05, 0.1) is 32.3 Å². The summed E-state index contributed by atoms with van der Waals surface area (Å²) in [5, 5.41) is 16.7. The molecule has 0 saturated carbocycles. The lowest BCUT2D eigenvalue weighted by molar-refractivity contribution is -0.155. The molecule has 4 amide bonds. The van der Waals surface area contributed by atoms with E-state index < -0.39 is 47.2 Å². The molecular weight excluding hydrogens is 829 g/mol. The summed E-state index contributed by atoms with van der Waals surface area (Å²) in [6, 6.07) is 8.64. The van der Waals surface area contributed by atoms with Gasteiger partial charge in [0, 0.05) is 68.8 Å². The van der Waals surface area contributed by atoms with E-state index in [0.717, 1.165) is 45.3 Å². The highest BCUT2D eigenvalue weighted by Crippen LogP contribution is 2.41. The van der Waals surface area contributed by atoms with E-state index >= 15 is 0 Å². The van der Waals surface area contributed by atoms with Crippen LogP contribution in [0.25, 0.3) is 27.6 Å². The summed E-state index contributed by atoms with van der Waals surface area (Å²) in [6.45, 7) is 16.8. The number of fused-ring (bicyclic) bond motifs is 6. The highest BCUT2D eigenvalue weighted by Gasteiger charge is 2.40. The number of cyclic esters (lactones) is 1. The molecule has 4 aliphatic heterocycles. The molecule has 6 bridgehead atoms. The lowest BCUT2D eigenvalue weighted by Gasteiger charge is -2.37. The summed E-state index contributed by atoms with van der Waals surface area (Å²) >= 11 is 0. The standard InChI is InChI=1S/C50H66N6O9/c1-9-43(58)54-18-15-33(26-54)47(60)53(7)44(30(3)4)46(59)51-41-22-31-20-34(23-36(57)21-31)32-13-14-42-38(24-32)39(45(55(42)10-2)37-16-19-64-28-35(37)27-63-8)25-50(5,6)29-65-49(62)40-12-11-17-56(52-40)48(41)61/h9,13-14,20-21,23-24,30,33,40-41,44,52,57H,1,10-12,15-19,22,25-29H2,2-8H3,(H,51,59)/t33-,40-,41-,44-/m0/s1. The number of hydrogen-bond donors (Lipinski definition) is 3. The first-order valence-corrected chi connectivity index (χ1v) is 23.0. The average Bonchev–Trinajstić information content (AvgIpc) is 3.90. The van der Waals surface area contributed by atoms with Crippen LogP contribution in [-0.2, 0) is 57.6 Å². The molecule has 2 fully saturated rings. The number of aromatic hydroxyl groups is 1.